The highest BCUT2D eigenvalue weighted by Crippen LogP contribution is 2.30. The van der Waals surface area contributed by atoms with E-state index in [2.05, 4.69) is 20.1 Å². The molecule has 0 amide bonds. The molecular formula is C14H15N5O2. The predicted octanol–water partition coefficient (Wildman–Crippen LogP) is 1.41. The molecule has 0 aliphatic heterocycles. The first kappa shape index (κ1) is 13.3. The summed E-state index contributed by atoms with van der Waals surface area (Å²) in [6.45, 7) is 5.55. The third kappa shape index (κ3) is 2.06. The summed E-state index contributed by atoms with van der Waals surface area (Å²) in [5.74, 6) is 1.10. The van der Waals surface area contributed by atoms with E-state index in [4.69, 9.17) is 4.74 Å². The molecule has 0 fully saturated rings. The van der Waals surface area contributed by atoms with E-state index in [0.29, 0.717) is 17.4 Å². The average Bonchev–Trinajstić information content (AvgIpc) is 2.75. The Kier molecular flexibility index (Phi) is 2.97. The fourth-order valence-electron chi connectivity index (χ4n) is 2.37. The van der Waals surface area contributed by atoms with Crippen LogP contribution < -0.4 is 10.4 Å². The Hall–Kier alpha value is -2.70. The SMILES string of the molecule is COc1cc(C)c(-c2c(C)nn3c(=O)[nH]c(C)nc23)cn1. The molecule has 21 heavy (non-hydrogen) atoms. The van der Waals surface area contributed by atoms with Gasteiger partial charge in [-0.15, -0.1) is 0 Å². The number of aryl methyl sites for hydroxylation is 3. The highest BCUT2D eigenvalue weighted by Gasteiger charge is 2.17. The molecule has 0 atom stereocenters. The summed E-state index contributed by atoms with van der Waals surface area (Å²) in [7, 11) is 1.58. The van der Waals surface area contributed by atoms with Gasteiger partial charge in [-0.3, -0.25) is 4.98 Å². The van der Waals surface area contributed by atoms with Crippen molar-refractivity contribution in [2.24, 2.45) is 0 Å². The minimum Gasteiger partial charge on any atom is -0.481 e. The molecule has 3 heterocycles. The average molecular weight is 285 g/mol. The van der Waals surface area contributed by atoms with Crippen LogP contribution in [0.4, 0.5) is 0 Å². The maximum atomic E-state index is 12.0. The summed E-state index contributed by atoms with van der Waals surface area (Å²) < 4.78 is 6.40. The normalized spacial score (nSPS) is 11.0. The molecule has 0 aliphatic carbocycles. The first-order valence-corrected chi connectivity index (χ1v) is 6.48. The Balaban J connectivity index is 2.35. The van der Waals surface area contributed by atoms with Gasteiger partial charge in [-0.2, -0.15) is 9.61 Å². The Morgan fingerprint density at radius 2 is 2.05 bits per heavy atom. The van der Waals surface area contributed by atoms with E-state index in [9.17, 15) is 4.79 Å². The lowest BCUT2D eigenvalue weighted by Crippen LogP contribution is -2.19. The zero-order valence-electron chi connectivity index (χ0n) is 12.3. The predicted molar refractivity (Wildman–Crippen MR) is 77.6 cm³/mol. The molecule has 0 aromatic carbocycles. The van der Waals surface area contributed by atoms with E-state index in [-0.39, 0.29) is 5.69 Å². The van der Waals surface area contributed by atoms with Crippen molar-refractivity contribution in [2.75, 3.05) is 7.11 Å². The highest BCUT2D eigenvalue weighted by atomic mass is 16.5. The number of hydrogen-bond donors (Lipinski definition) is 1. The molecule has 0 saturated carbocycles. The van der Waals surface area contributed by atoms with Gasteiger partial charge in [-0.05, 0) is 26.3 Å². The summed E-state index contributed by atoms with van der Waals surface area (Å²) >= 11 is 0. The number of nitrogens with one attached hydrogen (secondary N) is 1. The Morgan fingerprint density at radius 3 is 2.71 bits per heavy atom. The lowest BCUT2D eigenvalue weighted by molar-refractivity contribution is 0.397. The van der Waals surface area contributed by atoms with Crippen molar-refractivity contribution in [1.29, 1.82) is 0 Å². The molecular weight excluding hydrogens is 270 g/mol. The number of fused-ring (bicyclic) bond motifs is 1. The van der Waals surface area contributed by atoms with E-state index < -0.39 is 0 Å². The van der Waals surface area contributed by atoms with Crippen molar-refractivity contribution in [3.8, 4) is 17.0 Å². The molecule has 108 valence electrons. The van der Waals surface area contributed by atoms with Gasteiger partial charge in [-0.25, -0.2) is 14.8 Å². The van der Waals surface area contributed by atoms with Gasteiger partial charge < -0.3 is 4.74 Å². The maximum absolute atomic E-state index is 12.0. The molecule has 0 radical (unpaired) electrons. The van der Waals surface area contributed by atoms with Crippen LogP contribution in [0.1, 0.15) is 17.1 Å². The van der Waals surface area contributed by atoms with Gasteiger partial charge >= 0.3 is 5.69 Å². The van der Waals surface area contributed by atoms with Gasteiger partial charge in [0.25, 0.3) is 0 Å². The summed E-state index contributed by atoms with van der Waals surface area (Å²) in [6, 6.07) is 1.85. The number of aromatic amines is 1. The lowest BCUT2D eigenvalue weighted by atomic mass is 10.0. The van der Waals surface area contributed by atoms with Crippen LogP contribution in [-0.2, 0) is 0 Å². The van der Waals surface area contributed by atoms with E-state index in [1.165, 1.54) is 4.52 Å². The van der Waals surface area contributed by atoms with Crippen molar-refractivity contribution < 1.29 is 4.74 Å². The van der Waals surface area contributed by atoms with Gasteiger partial charge in [-0.1, -0.05) is 0 Å². The van der Waals surface area contributed by atoms with Gasteiger partial charge in [0, 0.05) is 17.8 Å². The number of methoxy groups -OCH3 is 1. The fourth-order valence-corrected chi connectivity index (χ4v) is 2.37. The van der Waals surface area contributed by atoms with Crippen molar-refractivity contribution >= 4 is 5.65 Å². The number of pyridine rings is 1. The van der Waals surface area contributed by atoms with Gasteiger partial charge in [0.15, 0.2) is 5.65 Å². The molecule has 7 heteroatoms. The van der Waals surface area contributed by atoms with Crippen LogP contribution in [0.25, 0.3) is 16.8 Å². The van der Waals surface area contributed by atoms with Crippen molar-refractivity contribution in [3.63, 3.8) is 0 Å². The second kappa shape index (κ2) is 4.69. The number of nitrogens with zero attached hydrogens (tertiary/aromatic N) is 4. The molecule has 0 spiro atoms. The number of aromatic nitrogens is 5. The second-order valence-electron chi connectivity index (χ2n) is 4.86. The van der Waals surface area contributed by atoms with Crippen molar-refractivity contribution in [3.05, 3.63) is 39.8 Å². The number of rotatable bonds is 2. The lowest BCUT2D eigenvalue weighted by Gasteiger charge is -2.06. The van der Waals surface area contributed by atoms with Gasteiger partial charge in [0.05, 0.1) is 18.4 Å². The second-order valence-corrected chi connectivity index (χ2v) is 4.86. The van der Waals surface area contributed by atoms with Crippen LogP contribution in [-0.4, -0.2) is 31.7 Å². The van der Waals surface area contributed by atoms with Crippen molar-refractivity contribution in [1.82, 2.24) is 24.6 Å². The molecule has 3 aromatic rings. The summed E-state index contributed by atoms with van der Waals surface area (Å²) in [6.07, 6.45) is 1.72. The molecule has 0 saturated heterocycles. The number of ether oxygens (including phenoxy) is 1. The first-order valence-electron chi connectivity index (χ1n) is 6.48. The zero-order valence-corrected chi connectivity index (χ0v) is 12.3. The fraction of sp³-hybridized carbons (Fsp3) is 0.286. The molecule has 0 aliphatic rings. The van der Waals surface area contributed by atoms with Crippen molar-refractivity contribution in [2.45, 2.75) is 20.8 Å². The molecule has 0 bridgehead atoms. The minimum atomic E-state index is -0.300. The Bertz CT molecular complexity index is 894. The van der Waals surface area contributed by atoms with Crippen LogP contribution in [0.2, 0.25) is 0 Å². The van der Waals surface area contributed by atoms with Gasteiger partial charge in [0.1, 0.15) is 5.82 Å². The Morgan fingerprint density at radius 1 is 1.29 bits per heavy atom. The standard InChI is InChI=1S/C14H15N5O2/c1-7-5-11(21-4)15-6-10(7)12-8(2)18-19-13(12)16-9(3)17-14(19)20/h5-6H,1-4H3,(H,16,17,20). The smallest absolute Gasteiger partial charge is 0.349 e. The summed E-state index contributed by atoms with van der Waals surface area (Å²) in [5, 5.41) is 4.27. The molecule has 0 unspecified atom stereocenters. The van der Waals surface area contributed by atoms with Gasteiger partial charge in [0.2, 0.25) is 5.88 Å². The number of H-pyrrole nitrogens is 1. The monoisotopic (exact) mass is 285 g/mol. The summed E-state index contributed by atoms with van der Waals surface area (Å²) in [5.41, 5.74) is 3.65. The zero-order chi connectivity index (χ0) is 15.1. The third-order valence-corrected chi connectivity index (χ3v) is 3.35. The van der Waals surface area contributed by atoms with Crippen LogP contribution in [0.15, 0.2) is 17.1 Å². The Labute approximate surface area is 120 Å². The minimum absolute atomic E-state index is 0.300. The van der Waals surface area contributed by atoms with Crippen LogP contribution >= 0.6 is 0 Å². The molecule has 1 N–H and O–H groups in total. The van der Waals surface area contributed by atoms with Crippen LogP contribution in [0.3, 0.4) is 0 Å². The van der Waals surface area contributed by atoms with E-state index in [0.717, 1.165) is 22.4 Å². The van der Waals surface area contributed by atoms with E-state index in [1.807, 2.05) is 19.9 Å². The first-order chi connectivity index (χ1) is 10.0. The van der Waals surface area contributed by atoms with E-state index in [1.54, 1.807) is 20.2 Å². The highest BCUT2D eigenvalue weighted by molar-refractivity contribution is 5.81. The van der Waals surface area contributed by atoms with Crippen LogP contribution in [0, 0.1) is 20.8 Å². The summed E-state index contributed by atoms with van der Waals surface area (Å²) in [4.78, 5) is 23.2. The maximum Gasteiger partial charge on any atom is 0.349 e. The molecule has 3 aromatic heterocycles. The quantitative estimate of drug-likeness (QED) is 0.769. The van der Waals surface area contributed by atoms with Crippen LogP contribution in [0.5, 0.6) is 5.88 Å². The topological polar surface area (TPSA) is 85.2 Å². The van der Waals surface area contributed by atoms with E-state index >= 15 is 0 Å². The molecule has 7 nitrogen and oxygen atoms in total. The number of hydrogen-bond acceptors (Lipinski definition) is 5. The third-order valence-electron chi connectivity index (χ3n) is 3.35. The largest absolute Gasteiger partial charge is 0.481 e. The molecule has 3 rings (SSSR count).